The Balaban J connectivity index is 0.000000167. The summed E-state index contributed by atoms with van der Waals surface area (Å²) >= 11 is 0. The molecule has 12 fully saturated rings. The maximum Gasteiger partial charge on any atom is 0.266 e. The van der Waals surface area contributed by atoms with E-state index in [1.165, 1.54) is 43.1 Å². The third kappa shape index (κ3) is 23.5. The predicted octanol–water partition coefficient (Wildman–Crippen LogP) is 14.8. The number of carbonyl (C=O) groups is 3. The molecule has 0 spiro atoms. The summed E-state index contributed by atoms with van der Waals surface area (Å²) in [4.78, 5) is 40.0. The van der Waals surface area contributed by atoms with E-state index in [-0.39, 0.29) is 112 Å². The highest BCUT2D eigenvalue weighted by Gasteiger charge is 2.67. The summed E-state index contributed by atoms with van der Waals surface area (Å²) < 4.78 is 148. The number of aliphatic hydroxyl groups excluding tert-OH is 3. The van der Waals surface area contributed by atoms with Crippen molar-refractivity contribution in [1.29, 1.82) is 0 Å². The van der Waals surface area contributed by atoms with Gasteiger partial charge >= 0.3 is 0 Å². The van der Waals surface area contributed by atoms with Crippen LogP contribution >= 0.6 is 0 Å². The minimum Gasteiger partial charge on any atom is -0.393 e. The molecule has 0 bridgehead atoms. The van der Waals surface area contributed by atoms with Crippen molar-refractivity contribution in [3.63, 3.8) is 0 Å². The lowest BCUT2D eigenvalue weighted by atomic mass is 9.43. The van der Waals surface area contributed by atoms with E-state index in [0.29, 0.717) is 119 Å². The van der Waals surface area contributed by atoms with Crippen LogP contribution in [0.4, 0.5) is 0 Å². The number of fused-ring (bicyclic) bond motifs is 15. The normalized spacial score (nSPS) is 38.1. The van der Waals surface area contributed by atoms with Gasteiger partial charge in [-0.15, -0.1) is 0 Å². The maximum absolute atomic E-state index is 13.1. The second-order valence-corrected chi connectivity index (χ2v) is 53.3. The molecule has 130 heavy (non-hydrogen) atoms. The van der Waals surface area contributed by atoms with Crippen LogP contribution in [-0.4, -0.2) is 173 Å². The van der Waals surface area contributed by atoms with Gasteiger partial charge in [0.2, 0.25) is 37.8 Å². The molecular weight excluding hydrogens is 1750 g/mol. The van der Waals surface area contributed by atoms with Crippen molar-refractivity contribution >= 4 is 68.1 Å². The first-order valence-corrected chi connectivity index (χ1v) is 57.7. The Hall–Kier alpha value is -4.54. The number of nitrogens with one attached hydrogen (secondary N) is 5. The van der Waals surface area contributed by atoms with Crippen molar-refractivity contribution in [2.45, 2.75) is 316 Å². The number of nitrogens with zero attached hydrogens (tertiary/aromatic N) is 1. The van der Waals surface area contributed by atoms with Gasteiger partial charge in [-0.05, 0) is 343 Å². The largest absolute Gasteiger partial charge is 0.393 e. The molecule has 0 saturated heterocycles. The van der Waals surface area contributed by atoms with E-state index < -0.39 is 73.8 Å². The number of sulfonamides is 2. The molecule has 25 nitrogen and oxygen atoms in total. The molecule has 12 aliphatic carbocycles. The Morgan fingerprint density at radius 1 is 0.392 bits per heavy atom. The third-order valence-electron chi connectivity index (χ3n) is 37.8. The molecule has 3 aromatic rings. The Labute approximate surface area is 778 Å². The quantitative estimate of drug-likeness (QED) is 0.0267. The molecule has 3 unspecified atom stereocenters. The third-order valence-corrected chi connectivity index (χ3v) is 42.3. The van der Waals surface area contributed by atoms with Gasteiger partial charge in [-0.3, -0.25) is 32.9 Å². The molecule has 0 aromatic heterocycles. The van der Waals surface area contributed by atoms with Crippen molar-refractivity contribution in [3.8, 4) is 0 Å². The van der Waals surface area contributed by atoms with Gasteiger partial charge in [-0.2, -0.15) is 25.3 Å². The molecule has 12 saturated carbocycles. The standard InChI is InChI=1S/C40H58N2O5S.C33H52N2O7S2.C27H48N2O7S2/c1-28(14-17-37(44)41-22-23-48(45,46)47)33-15-16-34-38-35(19-21-40(33,34)3)39(2)20-18-32(24-31(39)25-36(38)43)42(26-29-10-6-4-7-11-29)27-30-12-8-5-9-13-30;1-21-5-8-25(9-6-21)44(41,42)35-24-13-15-32(3)23(19-24)20-29(36)31-27-11-10-26(33(27,4)16-14-28(31)32)22(2)7-12-30(37)34-17-18-43(38,39)40;1-17(5-8-24(31)28-13-14-38(34,35)36)20-6-7-21-25-22(10-12-27(20,21)3)26(2)11-9-19(29-37(4,32)33)15-18(26)16-23(25)30/h4-13,28,31-36,38,43H,14-27H2,1-3H3,(H,41,44)(H,45,46,47);5-6,8-9,22-24,26-29,31,35-36H,7,10-20H2,1-4H3,(H,34,37)(H,38,39,40);17-23,25,29-30H,5-16H2,1-4H3,(H,28,31)(H,34,35,36)/t28-,31?,32-,33-,34+,35+,36+,38+,39+,40-;22-,23?,24-,26-,27+,28+,29+,31+,32+,33-;17-,18?,19-,20-,21+,22+,23+,25+,26+,27-/m111/s1. The molecule has 30 heteroatoms. The Morgan fingerprint density at radius 3 is 1.03 bits per heavy atom. The Bertz CT molecular complexity index is 4920. The van der Waals surface area contributed by atoms with Crippen LogP contribution in [0.1, 0.15) is 272 Å². The Morgan fingerprint density at radius 2 is 0.700 bits per heavy atom. The average Bonchev–Trinajstić information content (AvgIpc) is 1.39. The maximum atomic E-state index is 13.1. The molecule has 732 valence electrons. The fourth-order valence-corrected chi connectivity index (χ4v) is 34.5. The molecular formula is C100H158N6O19S5. The topological polar surface area (TPSA) is 407 Å². The van der Waals surface area contributed by atoms with Gasteiger partial charge in [-0.1, -0.05) is 141 Å². The molecule has 0 aliphatic heterocycles. The van der Waals surface area contributed by atoms with Gasteiger partial charge in [0.15, 0.2) is 0 Å². The van der Waals surface area contributed by atoms with Crippen LogP contribution in [0.2, 0.25) is 0 Å². The van der Waals surface area contributed by atoms with E-state index in [1.54, 1.807) is 12.1 Å². The van der Waals surface area contributed by atoms with Gasteiger partial charge in [0, 0.05) is 70.1 Å². The second-order valence-electron chi connectivity index (χ2n) is 45.1. The number of rotatable bonds is 31. The van der Waals surface area contributed by atoms with E-state index in [2.05, 4.69) is 153 Å². The molecule has 30 atom stereocenters. The summed E-state index contributed by atoms with van der Waals surface area (Å²) in [6, 6.07) is 29.1. The van der Waals surface area contributed by atoms with E-state index in [0.717, 1.165) is 166 Å². The second kappa shape index (κ2) is 41.2. The lowest BCUT2D eigenvalue weighted by molar-refractivity contribution is -0.171. The summed E-state index contributed by atoms with van der Waals surface area (Å²) in [5, 5.41) is 43.1. The molecule has 3 aromatic carbocycles. The highest BCUT2D eigenvalue weighted by Crippen LogP contribution is 2.73. The number of aliphatic hydroxyl groups is 3. The summed E-state index contributed by atoms with van der Waals surface area (Å²) in [5.74, 6) is 5.41. The zero-order valence-corrected chi connectivity index (χ0v) is 83.4. The number of amides is 3. The zero-order valence-electron chi connectivity index (χ0n) is 79.3. The van der Waals surface area contributed by atoms with Crippen LogP contribution in [-0.2, 0) is 77.9 Å². The molecule has 15 rings (SSSR count). The molecule has 11 N–H and O–H groups in total. The van der Waals surface area contributed by atoms with Crippen LogP contribution in [0.25, 0.3) is 0 Å². The van der Waals surface area contributed by atoms with E-state index >= 15 is 0 Å². The van der Waals surface area contributed by atoms with Crippen LogP contribution < -0.4 is 25.4 Å². The van der Waals surface area contributed by atoms with Gasteiger partial charge in [0.05, 0.1) is 46.7 Å². The van der Waals surface area contributed by atoms with Crippen molar-refractivity contribution in [1.82, 2.24) is 30.3 Å². The van der Waals surface area contributed by atoms with E-state index in [9.17, 15) is 71.8 Å². The van der Waals surface area contributed by atoms with Gasteiger partial charge in [0.1, 0.15) is 0 Å². The summed E-state index contributed by atoms with van der Waals surface area (Å²) in [7, 11) is -19.1. The lowest BCUT2D eigenvalue weighted by Crippen LogP contribution is -2.59. The lowest BCUT2D eigenvalue weighted by Gasteiger charge is -2.63. The highest BCUT2D eigenvalue weighted by atomic mass is 32.2. The van der Waals surface area contributed by atoms with E-state index in [1.807, 2.05) is 19.1 Å². The van der Waals surface area contributed by atoms with Crippen LogP contribution in [0.3, 0.4) is 0 Å². The smallest absolute Gasteiger partial charge is 0.266 e. The van der Waals surface area contributed by atoms with Gasteiger partial charge in [-0.25, -0.2) is 26.3 Å². The zero-order chi connectivity index (χ0) is 94.3. The first-order valence-electron chi connectivity index (χ1n) is 49.5. The highest BCUT2D eigenvalue weighted by molar-refractivity contribution is 7.89. The molecule has 0 heterocycles. The van der Waals surface area contributed by atoms with Crippen molar-refractivity contribution in [2.24, 2.45) is 139 Å². The fourth-order valence-electron chi connectivity index (χ4n) is 31.3. The number of hydrogen-bond acceptors (Lipinski definition) is 17. The summed E-state index contributed by atoms with van der Waals surface area (Å²) in [6.07, 6.45) is 28.1. The van der Waals surface area contributed by atoms with Crippen molar-refractivity contribution < 1.29 is 85.5 Å². The molecule has 0 radical (unpaired) electrons. The van der Waals surface area contributed by atoms with Gasteiger partial charge < -0.3 is 31.3 Å². The summed E-state index contributed by atoms with van der Waals surface area (Å²) in [6.45, 7) is 25.0. The van der Waals surface area contributed by atoms with Crippen molar-refractivity contribution in [2.75, 3.05) is 43.1 Å². The molecule has 12 aliphatic rings. The first-order chi connectivity index (χ1) is 60.9. The number of carbonyl (C=O) groups excluding carboxylic acids is 3. The molecule has 3 amide bonds. The first kappa shape index (κ1) is 103. The minimum atomic E-state index is -4.10. The number of hydrogen-bond donors (Lipinski definition) is 11. The minimum absolute atomic E-state index is 0.0392. The van der Waals surface area contributed by atoms with Gasteiger partial charge in [0.25, 0.3) is 30.4 Å². The number of benzene rings is 3. The van der Waals surface area contributed by atoms with Crippen molar-refractivity contribution in [3.05, 3.63) is 102 Å². The summed E-state index contributed by atoms with van der Waals surface area (Å²) in [5.41, 5.74) is 4.62. The van der Waals surface area contributed by atoms with E-state index in [4.69, 9.17) is 13.7 Å². The van der Waals surface area contributed by atoms with Crippen LogP contribution in [0, 0.1) is 146 Å². The number of aryl methyl sites for hydroxylation is 1. The van der Waals surface area contributed by atoms with Crippen LogP contribution in [0.15, 0.2) is 89.8 Å². The predicted molar refractivity (Wildman–Crippen MR) is 506 cm³/mol. The van der Waals surface area contributed by atoms with Crippen LogP contribution in [0.5, 0.6) is 0 Å². The average molecular weight is 1910 g/mol. The Kier molecular flexibility index (Phi) is 32.6. The SMILES string of the molecule is C[C@H](CCC(=O)NCCS(=O)(=O)O)[C@H]1CC[C@H]2[C@@H]3[C@@H](O)CC4C[C@H](N(Cc5ccccc5)Cc5ccccc5)CC[C@]4(C)[C@H]3CC[C@]12C.C[C@H](CCC(=O)NCCS(=O)(=O)O)[C@H]1CC[C@H]2[C@@H]3[C@@H](O)CC4C[C@H](NS(C)(=O)=O)CC[C@]4(C)[C@H]3CC[C@]12C.Cc1ccc(S(=O)(=O)N[C@@H]2CC[C@@]3(C)C(C2)C[C@H](O)[C@H]2[C@@H]4CC[C@H]([C@H](C)CCC(=O)NCCS(=O)(=O)O)[C@@]4(C)CC[C@@H]23)cc1. The monoisotopic (exact) mass is 1910 g/mol. The fraction of sp³-hybridized carbons (Fsp3) is 0.790.